The lowest BCUT2D eigenvalue weighted by molar-refractivity contribution is 0.598. The van der Waals surface area contributed by atoms with Crippen LogP contribution in [-0.2, 0) is 9.84 Å². The molecular weight excluding hydrogens is 228 g/mol. The number of anilines is 2. The highest BCUT2D eigenvalue weighted by Crippen LogP contribution is 2.09. The molecule has 0 saturated carbocycles. The molecule has 7 heteroatoms. The summed E-state index contributed by atoms with van der Waals surface area (Å²) in [5, 5.41) is 5.88. The third-order valence-corrected chi connectivity index (χ3v) is 2.98. The largest absolute Gasteiger partial charge is 0.373 e. The first-order valence-corrected chi connectivity index (χ1v) is 6.91. The fourth-order valence-corrected chi connectivity index (χ4v) is 2.31. The summed E-state index contributed by atoms with van der Waals surface area (Å²) in [6, 6.07) is 1.54. The molecule has 1 atom stereocenters. The molecule has 0 saturated heterocycles. The van der Waals surface area contributed by atoms with Crippen LogP contribution in [0.4, 0.5) is 11.6 Å². The van der Waals surface area contributed by atoms with Crippen molar-refractivity contribution in [2.75, 3.05) is 29.7 Å². The molecule has 1 unspecified atom stereocenters. The SMILES string of the molecule is CNc1cc(NC(C)CS(C)(=O)=O)ncn1. The molecule has 0 aromatic carbocycles. The van der Waals surface area contributed by atoms with Crippen molar-refractivity contribution in [2.24, 2.45) is 0 Å². The highest BCUT2D eigenvalue weighted by atomic mass is 32.2. The van der Waals surface area contributed by atoms with Crippen LogP contribution in [0.5, 0.6) is 0 Å². The summed E-state index contributed by atoms with van der Waals surface area (Å²) >= 11 is 0. The molecular formula is C9H16N4O2S. The van der Waals surface area contributed by atoms with Crippen molar-refractivity contribution in [3.8, 4) is 0 Å². The number of sulfone groups is 1. The third kappa shape index (κ3) is 4.43. The van der Waals surface area contributed by atoms with Crippen LogP contribution < -0.4 is 10.6 Å². The van der Waals surface area contributed by atoms with Gasteiger partial charge >= 0.3 is 0 Å². The summed E-state index contributed by atoms with van der Waals surface area (Å²) in [6.07, 6.45) is 2.63. The van der Waals surface area contributed by atoms with Gasteiger partial charge in [0.05, 0.1) is 5.75 Å². The van der Waals surface area contributed by atoms with E-state index in [4.69, 9.17) is 0 Å². The predicted octanol–water partition coefficient (Wildman–Crippen LogP) is 0.363. The fourth-order valence-electron chi connectivity index (χ4n) is 1.32. The van der Waals surface area contributed by atoms with Crippen LogP contribution >= 0.6 is 0 Å². The number of nitrogens with one attached hydrogen (secondary N) is 2. The molecule has 1 aromatic rings. The minimum atomic E-state index is -2.98. The van der Waals surface area contributed by atoms with E-state index in [0.717, 1.165) is 0 Å². The minimum absolute atomic E-state index is 0.0753. The first-order valence-electron chi connectivity index (χ1n) is 4.85. The van der Waals surface area contributed by atoms with Gasteiger partial charge < -0.3 is 10.6 Å². The molecule has 0 aliphatic heterocycles. The van der Waals surface area contributed by atoms with Crippen LogP contribution in [0, 0.1) is 0 Å². The van der Waals surface area contributed by atoms with Crippen LogP contribution in [0.25, 0.3) is 0 Å². The Bertz CT molecular complexity index is 447. The average Bonchev–Trinajstić information content (AvgIpc) is 2.15. The second kappa shape index (κ2) is 5.11. The Kier molecular flexibility index (Phi) is 4.05. The first kappa shape index (κ1) is 12.7. The van der Waals surface area contributed by atoms with E-state index in [1.165, 1.54) is 12.6 Å². The molecule has 90 valence electrons. The van der Waals surface area contributed by atoms with Crippen molar-refractivity contribution in [1.29, 1.82) is 0 Å². The van der Waals surface area contributed by atoms with Gasteiger partial charge in [0.15, 0.2) is 0 Å². The van der Waals surface area contributed by atoms with Crippen LogP contribution in [0.2, 0.25) is 0 Å². The number of aromatic nitrogens is 2. The number of hydrogen-bond acceptors (Lipinski definition) is 6. The van der Waals surface area contributed by atoms with E-state index < -0.39 is 9.84 Å². The minimum Gasteiger partial charge on any atom is -0.373 e. The van der Waals surface area contributed by atoms with Crippen molar-refractivity contribution in [1.82, 2.24) is 9.97 Å². The third-order valence-electron chi connectivity index (χ3n) is 1.87. The molecule has 2 N–H and O–H groups in total. The summed E-state index contributed by atoms with van der Waals surface area (Å²) in [4.78, 5) is 7.96. The molecule has 0 bridgehead atoms. The Morgan fingerprint density at radius 3 is 2.56 bits per heavy atom. The van der Waals surface area contributed by atoms with Gasteiger partial charge in [-0.25, -0.2) is 18.4 Å². The lowest BCUT2D eigenvalue weighted by Gasteiger charge is -2.13. The topological polar surface area (TPSA) is 84.0 Å². The standard InChI is InChI=1S/C9H16N4O2S/c1-7(5-16(3,14)15)13-9-4-8(10-2)11-6-12-9/h4,6-7H,5H2,1-3H3,(H2,10,11,12,13). The maximum atomic E-state index is 11.1. The van der Waals surface area contributed by atoms with Crippen LogP contribution in [-0.4, -0.2) is 43.5 Å². The van der Waals surface area contributed by atoms with Crippen molar-refractivity contribution >= 4 is 21.5 Å². The molecule has 16 heavy (non-hydrogen) atoms. The van der Waals surface area contributed by atoms with Gasteiger partial charge in [-0.05, 0) is 6.92 Å². The zero-order chi connectivity index (χ0) is 12.2. The zero-order valence-corrected chi connectivity index (χ0v) is 10.4. The summed E-state index contributed by atoms with van der Waals surface area (Å²) in [6.45, 7) is 1.79. The Morgan fingerprint density at radius 1 is 1.38 bits per heavy atom. The average molecular weight is 244 g/mol. The first-order chi connectivity index (χ1) is 7.40. The zero-order valence-electron chi connectivity index (χ0n) is 9.56. The Morgan fingerprint density at radius 2 is 2.00 bits per heavy atom. The smallest absolute Gasteiger partial charge is 0.149 e. The van der Waals surface area contributed by atoms with Crippen molar-refractivity contribution in [3.05, 3.63) is 12.4 Å². The van der Waals surface area contributed by atoms with Crippen LogP contribution in [0.15, 0.2) is 12.4 Å². The van der Waals surface area contributed by atoms with E-state index in [1.54, 1.807) is 20.0 Å². The van der Waals surface area contributed by atoms with Gasteiger partial charge in [0.2, 0.25) is 0 Å². The van der Waals surface area contributed by atoms with Gasteiger partial charge in [-0.15, -0.1) is 0 Å². The number of hydrogen-bond donors (Lipinski definition) is 2. The predicted molar refractivity (Wildman–Crippen MR) is 64.4 cm³/mol. The van der Waals surface area contributed by atoms with E-state index in [2.05, 4.69) is 20.6 Å². The molecule has 0 aliphatic carbocycles. The molecule has 0 radical (unpaired) electrons. The molecule has 1 aromatic heterocycles. The van der Waals surface area contributed by atoms with E-state index >= 15 is 0 Å². The summed E-state index contributed by atoms with van der Waals surface area (Å²) in [5.74, 6) is 1.37. The molecule has 1 heterocycles. The number of nitrogens with zero attached hydrogens (tertiary/aromatic N) is 2. The Labute approximate surface area is 95.4 Å². The van der Waals surface area contributed by atoms with Gasteiger partial charge in [-0.3, -0.25) is 0 Å². The lowest BCUT2D eigenvalue weighted by Crippen LogP contribution is -2.25. The summed E-state index contributed by atoms with van der Waals surface area (Å²) < 4.78 is 22.1. The van der Waals surface area contributed by atoms with Crippen LogP contribution in [0.1, 0.15) is 6.92 Å². The molecule has 0 amide bonds. The maximum absolute atomic E-state index is 11.1. The molecule has 0 fully saturated rings. The quantitative estimate of drug-likeness (QED) is 0.778. The second-order valence-corrected chi connectivity index (χ2v) is 5.86. The van der Waals surface area contributed by atoms with Gasteiger partial charge in [-0.2, -0.15) is 0 Å². The fraction of sp³-hybridized carbons (Fsp3) is 0.556. The van der Waals surface area contributed by atoms with Crippen molar-refractivity contribution in [3.63, 3.8) is 0 Å². The highest BCUT2D eigenvalue weighted by Gasteiger charge is 2.10. The summed E-state index contributed by atoms with van der Waals surface area (Å²) in [7, 11) is -1.22. The molecule has 0 aliphatic rings. The highest BCUT2D eigenvalue weighted by molar-refractivity contribution is 7.90. The van der Waals surface area contributed by atoms with Gasteiger partial charge in [0, 0.05) is 25.4 Å². The summed E-state index contributed by atoms with van der Waals surface area (Å²) in [5.41, 5.74) is 0. The van der Waals surface area contributed by atoms with Crippen molar-refractivity contribution < 1.29 is 8.42 Å². The maximum Gasteiger partial charge on any atom is 0.149 e. The monoisotopic (exact) mass is 244 g/mol. The number of rotatable bonds is 5. The molecule has 6 nitrogen and oxygen atoms in total. The van der Waals surface area contributed by atoms with E-state index in [0.29, 0.717) is 11.6 Å². The Hall–Kier alpha value is -1.37. The Balaban J connectivity index is 2.65. The van der Waals surface area contributed by atoms with E-state index in [-0.39, 0.29) is 11.8 Å². The normalized spacial score (nSPS) is 13.2. The van der Waals surface area contributed by atoms with E-state index in [1.807, 2.05) is 0 Å². The molecule has 0 spiro atoms. The van der Waals surface area contributed by atoms with Gasteiger partial charge in [-0.1, -0.05) is 0 Å². The second-order valence-electron chi connectivity index (χ2n) is 3.68. The van der Waals surface area contributed by atoms with Crippen molar-refractivity contribution in [2.45, 2.75) is 13.0 Å². The van der Waals surface area contributed by atoms with Crippen LogP contribution in [0.3, 0.4) is 0 Å². The van der Waals surface area contributed by atoms with E-state index in [9.17, 15) is 8.42 Å². The lowest BCUT2D eigenvalue weighted by atomic mass is 10.4. The van der Waals surface area contributed by atoms with Gasteiger partial charge in [0.25, 0.3) is 0 Å². The molecule has 1 rings (SSSR count). The van der Waals surface area contributed by atoms with Gasteiger partial charge in [0.1, 0.15) is 27.8 Å².